The van der Waals surface area contributed by atoms with Gasteiger partial charge in [0.1, 0.15) is 0 Å². The molecule has 19 heavy (non-hydrogen) atoms. The van der Waals surface area contributed by atoms with Crippen molar-refractivity contribution in [2.24, 2.45) is 5.73 Å². The van der Waals surface area contributed by atoms with Crippen molar-refractivity contribution in [3.05, 3.63) is 0 Å². The van der Waals surface area contributed by atoms with E-state index in [9.17, 15) is 0 Å². The summed E-state index contributed by atoms with van der Waals surface area (Å²) in [5.41, 5.74) is 5.80. The lowest BCUT2D eigenvalue weighted by Gasteiger charge is -2.38. The number of nitrogens with zero attached hydrogens (tertiary/aromatic N) is 2. The van der Waals surface area contributed by atoms with E-state index < -0.39 is 0 Å². The quantitative estimate of drug-likeness (QED) is 0.514. The zero-order chi connectivity index (χ0) is 14.1. The van der Waals surface area contributed by atoms with Crippen LogP contribution in [0, 0.1) is 0 Å². The van der Waals surface area contributed by atoms with Gasteiger partial charge in [0.2, 0.25) is 0 Å². The monoisotopic (exact) mass is 287 g/mol. The van der Waals surface area contributed by atoms with Crippen molar-refractivity contribution >= 4 is 17.2 Å². The summed E-state index contributed by atoms with van der Waals surface area (Å²) in [5.74, 6) is 0. The number of unbranched alkanes of at least 4 members (excludes halogenated alkanes) is 1. The van der Waals surface area contributed by atoms with E-state index in [1.54, 1.807) is 0 Å². The smallest absolute Gasteiger partial charge is 0.0901 e. The molecule has 1 heterocycles. The molecular weight excluding hydrogens is 258 g/mol. The third-order valence-electron chi connectivity index (χ3n) is 3.76. The largest absolute Gasteiger partial charge is 0.392 e. The van der Waals surface area contributed by atoms with E-state index >= 15 is 0 Å². The standard InChI is InChI=1S/C14H29N3OS/c1-3-5-11-18-12-10-16-6-8-17(9-7-16)13(4-2)14(15)19/h13H,3-12H2,1-2H3,(H2,15,19). The molecule has 2 N–H and O–H groups in total. The van der Waals surface area contributed by atoms with Crippen LogP contribution >= 0.6 is 12.2 Å². The minimum absolute atomic E-state index is 0.276. The topological polar surface area (TPSA) is 41.7 Å². The summed E-state index contributed by atoms with van der Waals surface area (Å²) in [6, 6.07) is 0.276. The normalized spacial score (nSPS) is 19.5. The van der Waals surface area contributed by atoms with E-state index in [4.69, 9.17) is 22.7 Å². The second-order valence-electron chi connectivity index (χ2n) is 5.17. The first-order valence-corrected chi connectivity index (χ1v) is 7.93. The molecule has 1 aliphatic heterocycles. The summed E-state index contributed by atoms with van der Waals surface area (Å²) < 4.78 is 5.61. The van der Waals surface area contributed by atoms with Gasteiger partial charge in [-0.15, -0.1) is 0 Å². The highest BCUT2D eigenvalue weighted by molar-refractivity contribution is 7.80. The average Bonchev–Trinajstić information content (AvgIpc) is 2.40. The molecule has 1 rings (SSSR count). The van der Waals surface area contributed by atoms with Crippen LogP contribution in [-0.4, -0.2) is 66.8 Å². The Labute approximate surface area is 123 Å². The van der Waals surface area contributed by atoms with Gasteiger partial charge in [0, 0.05) is 39.3 Å². The van der Waals surface area contributed by atoms with E-state index in [0.717, 1.165) is 52.4 Å². The van der Waals surface area contributed by atoms with E-state index in [-0.39, 0.29) is 6.04 Å². The molecule has 0 aliphatic carbocycles. The van der Waals surface area contributed by atoms with E-state index in [1.165, 1.54) is 12.8 Å². The van der Waals surface area contributed by atoms with Crippen LogP contribution in [0.25, 0.3) is 0 Å². The Morgan fingerprint density at radius 3 is 2.42 bits per heavy atom. The number of nitrogens with two attached hydrogens (primary N) is 1. The van der Waals surface area contributed by atoms with Crippen molar-refractivity contribution in [2.45, 2.75) is 39.2 Å². The zero-order valence-corrected chi connectivity index (χ0v) is 13.3. The van der Waals surface area contributed by atoms with Crippen LogP contribution in [0.1, 0.15) is 33.1 Å². The first-order valence-electron chi connectivity index (χ1n) is 7.52. The molecule has 0 saturated carbocycles. The number of hydrogen-bond donors (Lipinski definition) is 1. The van der Waals surface area contributed by atoms with Crippen molar-refractivity contribution in [3.8, 4) is 0 Å². The maximum Gasteiger partial charge on any atom is 0.0901 e. The lowest BCUT2D eigenvalue weighted by atomic mass is 10.1. The van der Waals surface area contributed by atoms with Crippen LogP contribution in [0.15, 0.2) is 0 Å². The van der Waals surface area contributed by atoms with Crippen molar-refractivity contribution in [1.82, 2.24) is 9.80 Å². The Hall–Kier alpha value is -0.230. The molecule has 0 aromatic heterocycles. The molecule has 0 bridgehead atoms. The number of thiocarbonyl (C=S) groups is 1. The summed E-state index contributed by atoms with van der Waals surface area (Å²) in [7, 11) is 0. The van der Waals surface area contributed by atoms with Gasteiger partial charge in [0.15, 0.2) is 0 Å². The lowest BCUT2D eigenvalue weighted by Crippen LogP contribution is -2.53. The molecule has 1 atom stereocenters. The lowest BCUT2D eigenvalue weighted by molar-refractivity contribution is 0.0689. The molecule has 1 fully saturated rings. The summed E-state index contributed by atoms with van der Waals surface area (Å²) in [4.78, 5) is 5.52. The minimum atomic E-state index is 0.276. The van der Waals surface area contributed by atoms with Crippen molar-refractivity contribution in [2.75, 3.05) is 45.9 Å². The molecule has 4 nitrogen and oxygen atoms in total. The van der Waals surface area contributed by atoms with Crippen LogP contribution in [0.5, 0.6) is 0 Å². The molecule has 0 amide bonds. The van der Waals surface area contributed by atoms with Gasteiger partial charge in [-0.05, 0) is 12.8 Å². The van der Waals surface area contributed by atoms with Crippen LogP contribution in [0.4, 0.5) is 0 Å². The molecule has 0 radical (unpaired) electrons. The highest BCUT2D eigenvalue weighted by Gasteiger charge is 2.23. The maximum atomic E-state index is 5.80. The second kappa shape index (κ2) is 9.64. The predicted octanol–water partition coefficient (Wildman–Crippen LogP) is 1.49. The SMILES string of the molecule is CCCCOCCN1CCN(C(CC)C(N)=S)CC1. The van der Waals surface area contributed by atoms with Gasteiger partial charge in [-0.1, -0.05) is 32.5 Å². The molecular formula is C14H29N3OS. The summed E-state index contributed by atoms with van der Waals surface area (Å²) in [5, 5.41) is 0. The fraction of sp³-hybridized carbons (Fsp3) is 0.929. The number of rotatable bonds is 9. The van der Waals surface area contributed by atoms with E-state index in [2.05, 4.69) is 23.6 Å². The highest BCUT2D eigenvalue weighted by atomic mass is 32.1. The Bertz CT molecular complexity index is 255. The molecule has 112 valence electrons. The van der Waals surface area contributed by atoms with Gasteiger partial charge >= 0.3 is 0 Å². The van der Waals surface area contributed by atoms with Gasteiger partial charge in [-0.2, -0.15) is 0 Å². The van der Waals surface area contributed by atoms with E-state index in [1.807, 2.05) is 0 Å². The summed E-state index contributed by atoms with van der Waals surface area (Å²) >= 11 is 5.14. The van der Waals surface area contributed by atoms with Gasteiger partial charge in [0.25, 0.3) is 0 Å². The van der Waals surface area contributed by atoms with Gasteiger partial charge < -0.3 is 10.5 Å². The van der Waals surface area contributed by atoms with Crippen molar-refractivity contribution < 1.29 is 4.74 Å². The van der Waals surface area contributed by atoms with Gasteiger partial charge in [0.05, 0.1) is 17.6 Å². The molecule has 1 saturated heterocycles. The Balaban J connectivity index is 2.16. The molecule has 5 heteroatoms. The Morgan fingerprint density at radius 2 is 1.89 bits per heavy atom. The van der Waals surface area contributed by atoms with Crippen LogP contribution in [0.3, 0.4) is 0 Å². The third kappa shape index (κ3) is 6.17. The fourth-order valence-corrected chi connectivity index (χ4v) is 2.80. The van der Waals surface area contributed by atoms with Crippen molar-refractivity contribution in [1.29, 1.82) is 0 Å². The molecule has 1 unspecified atom stereocenters. The summed E-state index contributed by atoms with van der Waals surface area (Å²) in [6.07, 6.45) is 3.38. The Morgan fingerprint density at radius 1 is 1.21 bits per heavy atom. The zero-order valence-electron chi connectivity index (χ0n) is 12.4. The van der Waals surface area contributed by atoms with Gasteiger partial charge in [-0.3, -0.25) is 9.80 Å². The van der Waals surface area contributed by atoms with Crippen LogP contribution < -0.4 is 5.73 Å². The maximum absolute atomic E-state index is 5.80. The molecule has 1 aliphatic rings. The fourth-order valence-electron chi connectivity index (χ4n) is 2.48. The first kappa shape index (κ1) is 16.8. The third-order valence-corrected chi connectivity index (χ3v) is 4.03. The van der Waals surface area contributed by atoms with Crippen LogP contribution in [0.2, 0.25) is 0 Å². The predicted molar refractivity (Wildman–Crippen MR) is 84.6 cm³/mol. The summed E-state index contributed by atoms with van der Waals surface area (Å²) in [6.45, 7) is 11.4. The van der Waals surface area contributed by atoms with Crippen LogP contribution in [-0.2, 0) is 4.74 Å². The van der Waals surface area contributed by atoms with E-state index in [0.29, 0.717) is 4.99 Å². The van der Waals surface area contributed by atoms with Crippen molar-refractivity contribution in [3.63, 3.8) is 0 Å². The average molecular weight is 287 g/mol. The molecule has 0 aromatic carbocycles. The number of piperazine rings is 1. The Kier molecular flexibility index (Phi) is 8.53. The van der Waals surface area contributed by atoms with Gasteiger partial charge in [-0.25, -0.2) is 0 Å². The molecule has 0 spiro atoms. The number of hydrogen-bond acceptors (Lipinski definition) is 4. The highest BCUT2D eigenvalue weighted by Crippen LogP contribution is 2.09. The number of ether oxygens (including phenoxy) is 1. The molecule has 0 aromatic rings. The second-order valence-corrected chi connectivity index (χ2v) is 5.64. The minimum Gasteiger partial charge on any atom is -0.392 e. The first-order chi connectivity index (χ1) is 9.19.